The lowest BCUT2D eigenvalue weighted by molar-refractivity contribution is -0.00643. The molecule has 0 amide bonds. The second-order valence-corrected chi connectivity index (χ2v) is 7.34. The van der Waals surface area contributed by atoms with Gasteiger partial charge in [-0.15, -0.1) is 0 Å². The minimum atomic E-state index is -0.440. The van der Waals surface area contributed by atoms with Crippen molar-refractivity contribution in [1.82, 2.24) is 5.32 Å². The summed E-state index contributed by atoms with van der Waals surface area (Å²) in [6.07, 6.45) is 2.33. The molecule has 0 radical (unpaired) electrons. The van der Waals surface area contributed by atoms with Crippen molar-refractivity contribution >= 4 is 0 Å². The highest BCUT2D eigenvalue weighted by Gasteiger charge is 2.44. The topological polar surface area (TPSA) is 21.3 Å². The van der Waals surface area contributed by atoms with Crippen molar-refractivity contribution in [3.05, 3.63) is 69.8 Å². The third-order valence-electron chi connectivity index (χ3n) is 5.17. The monoisotopic (exact) mass is 323 g/mol. The summed E-state index contributed by atoms with van der Waals surface area (Å²) in [6.45, 7) is 9.73. The van der Waals surface area contributed by atoms with Crippen molar-refractivity contribution in [2.24, 2.45) is 0 Å². The summed E-state index contributed by atoms with van der Waals surface area (Å²) in [5.41, 5.74) is 7.22. The van der Waals surface area contributed by atoms with Gasteiger partial charge in [-0.25, -0.2) is 0 Å². The highest BCUT2D eigenvalue weighted by Crippen LogP contribution is 2.41. The molecule has 1 atom stereocenters. The molecule has 0 aromatic heterocycles. The maximum atomic E-state index is 6.35. The normalized spacial score (nSPS) is 18.1. The Morgan fingerprint density at radius 3 is 1.62 bits per heavy atom. The van der Waals surface area contributed by atoms with Gasteiger partial charge >= 0.3 is 0 Å². The highest BCUT2D eigenvalue weighted by atomic mass is 16.5. The minimum absolute atomic E-state index is 0.296. The lowest BCUT2D eigenvalue weighted by atomic mass is 9.77. The van der Waals surface area contributed by atoms with E-state index in [4.69, 9.17) is 4.74 Å². The third-order valence-corrected chi connectivity index (χ3v) is 5.17. The summed E-state index contributed by atoms with van der Waals surface area (Å²) in [5, 5.41) is 3.70. The Labute approximate surface area is 146 Å². The molecule has 1 fully saturated rings. The smallest absolute Gasteiger partial charge is 0.133 e. The predicted molar refractivity (Wildman–Crippen MR) is 101 cm³/mol. The second kappa shape index (κ2) is 6.70. The zero-order chi connectivity index (χ0) is 17.3. The molecule has 2 nitrogen and oxygen atoms in total. The summed E-state index contributed by atoms with van der Waals surface area (Å²) < 4.78 is 6.35. The van der Waals surface area contributed by atoms with Gasteiger partial charge in [-0.1, -0.05) is 58.7 Å². The van der Waals surface area contributed by atoms with E-state index in [9.17, 15) is 0 Å². The molecule has 2 aromatic rings. The molecule has 2 aromatic carbocycles. The van der Waals surface area contributed by atoms with Gasteiger partial charge in [-0.05, 0) is 58.2 Å². The molecule has 0 saturated carbocycles. The molecule has 24 heavy (non-hydrogen) atoms. The first kappa shape index (κ1) is 17.2. The van der Waals surface area contributed by atoms with Gasteiger partial charge in [-0.2, -0.15) is 0 Å². The fourth-order valence-corrected chi connectivity index (χ4v) is 4.36. The van der Waals surface area contributed by atoms with Gasteiger partial charge in [0.25, 0.3) is 0 Å². The number of aryl methyl sites for hydroxylation is 4. The number of hydrogen-bond acceptors (Lipinski definition) is 2. The quantitative estimate of drug-likeness (QED) is 0.890. The summed E-state index contributed by atoms with van der Waals surface area (Å²) in [7, 11) is 1.86. The molecule has 1 saturated heterocycles. The van der Waals surface area contributed by atoms with Crippen LogP contribution in [0.25, 0.3) is 0 Å². The van der Waals surface area contributed by atoms with Crippen LogP contribution in [0, 0.1) is 27.7 Å². The molecule has 0 aliphatic carbocycles. The lowest BCUT2D eigenvalue weighted by Gasteiger charge is -2.40. The Balaban J connectivity index is 2.26. The molecular weight excluding hydrogens is 294 g/mol. The maximum absolute atomic E-state index is 6.35. The second-order valence-electron chi connectivity index (χ2n) is 7.34. The number of ether oxygens (including phenoxy) is 1. The van der Waals surface area contributed by atoms with E-state index in [1.165, 1.54) is 39.8 Å². The van der Waals surface area contributed by atoms with Crippen molar-refractivity contribution < 1.29 is 4.74 Å². The van der Waals surface area contributed by atoms with E-state index in [2.05, 4.69) is 69.4 Å². The van der Waals surface area contributed by atoms with Crippen LogP contribution in [0.4, 0.5) is 0 Å². The van der Waals surface area contributed by atoms with Gasteiger partial charge in [0.15, 0.2) is 0 Å². The molecule has 0 spiro atoms. The van der Waals surface area contributed by atoms with E-state index >= 15 is 0 Å². The van der Waals surface area contributed by atoms with Crippen molar-refractivity contribution in [3.8, 4) is 0 Å². The van der Waals surface area contributed by atoms with E-state index in [0.29, 0.717) is 6.04 Å². The molecule has 128 valence electrons. The molecular formula is C22H29NO. The highest BCUT2D eigenvalue weighted by molar-refractivity contribution is 5.45. The van der Waals surface area contributed by atoms with Crippen LogP contribution in [0.15, 0.2) is 36.4 Å². The van der Waals surface area contributed by atoms with Gasteiger partial charge in [-0.3, -0.25) is 0 Å². The largest absolute Gasteiger partial charge is 0.367 e. The molecule has 1 unspecified atom stereocenters. The van der Waals surface area contributed by atoms with Crippen LogP contribution in [-0.4, -0.2) is 19.7 Å². The fourth-order valence-electron chi connectivity index (χ4n) is 4.36. The van der Waals surface area contributed by atoms with Crippen molar-refractivity contribution in [2.75, 3.05) is 13.7 Å². The Morgan fingerprint density at radius 1 is 0.833 bits per heavy atom. The standard InChI is InChI=1S/C22H29NO/c1-15-9-16(2)12-19(11-15)22(24-5,21-7-6-8-23-21)20-13-17(3)10-18(4)14-20/h9-14,21,23H,6-8H2,1-5H3. The summed E-state index contributed by atoms with van der Waals surface area (Å²) in [6, 6.07) is 13.9. The number of nitrogens with one attached hydrogen (secondary N) is 1. The molecule has 1 aliphatic heterocycles. The van der Waals surface area contributed by atoms with Gasteiger partial charge in [0.05, 0.1) is 0 Å². The number of hydrogen-bond donors (Lipinski definition) is 1. The van der Waals surface area contributed by atoms with Crippen LogP contribution in [0.1, 0.15) is 46.2 Å². The maximum Gasteiger partial charge on any atom is 0.133 e. The van der Waals surface area contributed by atoms with Crippen LogP contribution in [-0.2, 0) is 10.3 Å². The van der Waals surface area contributed by atoms with E-state index in [1.54, 1.807) is 0 Å². The minimum Gasteiger partial charge on any atom is -0.367 e. The average molecular weight is 323 g/mol. The van der Waals surface area contributed by atoms with Gasteiger partial charge in [0.1, 0.15) is 5.60 Å². The van der Waals surface area contributed by atoms with E-state index in [-0.39, 0.29) is 0 Å². The van der Waals surface area contributed by atoms with E-state index < -0.39 is 5.60 Å². The van der Waals surface area contributed by atoms with Crippen LogP contribution in [0.5, 0.6) is 0 Å². The van der Waals surface area contributed by atoms with Crippen LogP contribution >= 0.6 is 0 Å². The number of methoxy groups -OCH3 is 1. The van der Waals surface area contributed by atoms with Crippen LogP contribution < -0.4 is 5.32 Å². The van der Waals surface area contributed by atoms with E-state index in [0.717, 1.165) is 13.0 Å². The molecule has 3 rings (SSSR count). The first-order valence-electron chi connectivity index (χ1n) is 8.92. The Kier molecular flexibility index (Phi) is 4.80. The first-order chi connectivity index (χ1) is 11.5. The number of benzene rings is 2. The predicted octanol–water partition coefficient (Wildman–Crippen LogP) is 4.56. The summed E-state index contributed by atoms with van der Waals surface area (Å²) >= 11 is 0. The van der Waals surface area contributed by atoms with Crippen LogP contribution in [0.3, 0.4) is 0 Å². The number of rotatable bonds is 4. The Hall–Kier alpha value is -1.64. The molecule has 2 heteroatoms. The SMILES string of the molecule is COC(c1cc(C)cc(C)c1)(c1cc(C)cc(C)c1)C1CCCN1. The Morgan fingerprint density at radius 2 is 1.29 bits per heavy atom. The first-order valence-corrected chi connectivity index (χ1v) is 8.92. The fraction of sp³-hybridized carbons (Fsp3) is 0.455. The molecule has 0 bridgehead atoms. The van der Waals surface area contributed by atoms with E-state index in [1.807, 2.05) is 7.11 Å². The lowest BCUT2D eigenvalue weighted by Crippen LogP contribution is -2.48. The summed E-state index contributed by atoms with van der Waals surface area (Å²) in [5.74, 6) is 0. The average Bonchev–Trinajstić information content (AvgIpc) is 3.01. The zero-order valence-electron chi connectivity index (χ0n) is 15.6. The molecule has 1 N–H and O–H groups in total. The Bertz CT molecular complexity index is 637. The van der Waals surface area contributed by atoms with Crippen molar-refractivity contribution in [3.63, 3.8) is 0 Å². The van der Waals surface area contributed by atoms with Gasteiger partial charge in [0.2, 0.25) is 0 Å². The van der Waals surface area contributed by atoms with Gasteiger partial charge in [0, 0.05) is 13.2 Å². The third kappa shape index (κ3) is 3.01. The zero-order valence-corrected chi connectivity index (χ0v) is 15.6. The molecule has 1 aliphatic rings. The van der Waals surface area contributed by atoms with Crippen molar-refractivity contribution in [2.45, 2.75) is 52.2 Å². The van der Waals surface area contributed by atoms with Crippen molar-refractivity contribution in [1.29, 1.82) is 0 Å². The van der Waals surface area contributed by atoms with Crippen LogP contribution in [0.2, 0.25) is 0 Å². The van der Waals surface area contributed by atoms with Gasteiger partial charge < -0.3 is 10.1 Å². The summed E-state index contributed by atoms with van der Waals surface area (Å²) in [4.78, 5) is 0. The molecule has 1 heterocycles.